The normalized spacial score (nSPS) is 13.9. The van der Waals surface area contributed by atoms with E-state index < -0.39 is 7.14 Å². The van der Waals surface area contributed by atoms with E-state index in [4.69, 9.17) is 0 Å². The first-order chi connectivity index (χ1) is 6.90. The second-order valence-electron chi connectivity index (χ2n) is 4.44. The molecule has 83 valence electrons. The van der Waals surface area contributed by atoms with Gasteiger partial charge in [-0.25, -0.2) is 0 Å². The van der Waals surface area contributed by atoms with Gasteiger partial charge in [0.25, 0.3) is 0 Å². The first-order valence-electron chi connectivity index (χ1n) is 5.14. The van der Waals surface area contributed by atoms with Gasteiger partial charge in [0, 0.05) is 12.3 Å². The molecule has 0 saturated heterocycles. The largest absolute Gasteiger partial charge is 0.323 e. The molecule has 0 heterocycles. The molecular formula is C12H19NOP. The molecular weight excluding hydrogens is 205 g/mol. The van der Waals surface area contributed by atoms with Crippen LogP contribution in [0.4, 0.5) is 0 Å². The smallest absolute Gasteiger partial charge is 0.0949 e. The van der Waals surface area contributed by atoms with Gasteiger partial charge >= 0.3 is 0 Å². The average Bonchev–Trinajstić information content (AvgIpc) is 2.14. The van der Waals surface area contributed by atoms with Gasteiger partial charge in [-0.2, -0.15) is 0 Å². The quantitative estimate of drug-likeness (QED) is 0.796. The number of hydrogen-bond acceptors (Lipinski definition) is 2. The Bertz CT molecular complexity index is 370. The topological polar surface area (TPSA) is 29.1 Å². The zero-order chi connectivity index (χ0) is 11.5. The van der Waals surface area contributed by atoms with Crippen LogP contribution < -0.4 is 5.32 Å². The molecule has 0 amide bonds. The predicted molar refractivity (Wildman–Crippen MR) is 65.9 cm³/mol. The summed E-state index contributed by atoms with van der Waals surface area (Å²) in [7, 11) is -1.97. The maximum absolute atomic E-state index is 11.6. The highest BCUT2D eigenvalue weighted by atomic mass is 31.2. The van der Waals surface area contributed by atoms with Crippen LogP contribution in [0.5, 0.6) is 0 Å². The highest BCUT2D eigenvalue weighted by Crippen LogP contribution is 2.34. The van der Waals surface area contributed by atoms with Gasteiger partial charge in [0.15, 0.2) is 0 Å². The minimum absolute atomic E-state index is 0.243. The molecule has 0 aromatic heterocycles. The second kappa shape index (κ2) is 4.96. The lowest BCUT2D eigenvalue weighted by Gasteiger charge is -2.17. The van der Waals surface area contributed by atoms with Gasteiger partial charge in [0.05, 0.1) is 7.14 Å². The molecule has 1 unspecified atom stereocenters. The van der Waals surface area contributed by atoms with Crippen molar-refractivity contribution in [3.63, 3.8) is 0 Å². The van der Waals surface area contributed by atoms with Crippen molar-refractivity contribution in [2.24, 2.45) is 0 Å². The summed E-state index contributed by atoms with van der Waals surface area (Å²) in [6.07, 6.45) is 0.589. The Hall–Kier alpha value is -0.590. The number of aryl methyl sites for hydroxylation is 1. The van der Waals surface area contributed by atoms with Crippen LogP contribution in [-0.4, -0.2) is 19.6 Å². The number of hydrogen-bond donors (Lipinski definition) is 1. The van der Waals surface area contributed by atoms with E-state index in [1.807, 2.05) is 12.1 Å². The summed E-state index contributed by atoms with van der Waals surface area (Å²) in [6.45, 7) is 7.77. The highest BCUT2D eigenvalue weighted by Gasteiger charge is 2.11. The Balaban J connectivity index is 2.66. The van der Waals surface area contributed by atoms with E-state index in [1.54, 1.807) is 13.3 Å². The van der Waals surface area contributed by atoms with Gasteiger partial charge in [-0.15, -0.1) is 0 Å². The fourth-order valence-electron chi connectivity index (χ4n) is 1.48. The van der Waals surface area contributed by atoms with Crippen molar-refractivity contribution in [2.45, 2.75) is 19.9 Å². The van der Waals surface area contributed by atoms with E-state index >= 15 is 0 Å². The second-order valence-corrected chi connectivity index (χ2v) is 7.90. The molecule has 0 saturated carbocycles. The van der Waals surface area contributed by atoms with Crippen molar-refractivity contribution >= 4 is 7.14 Å². The van der Waals surface area contributed by atoms with Crippen LogP contribution in [0.1, 0.15) is 24.1 Å². The molecule has 0 aliphatic heterocycles. The molecule has 1 rings (SSSR count). The molecule has 1 radical (unpaired) electrons. The molecule has 0 aliphatic rings. The molecule has 0 fully saturated rings. The molecule has 0 spiro atoms. The van der Waals surface area contributed by atoms with Crippen LogP contribution >= 0.6 is 7.14 Å². The Morgan fingerprint density at radius 2 is 2.20 bits per heavy atom. The summed E-state index contributed by atoms with van der Waals surface area (Å²) < 4.78 is 11.6. The Labute approximate surface area is 92.5 Å². The van der Waals surface area contributed by atoms with E-state index in [-0.39, 0.29) is 6.04 Å². The summed E-state index contributed by atoms with van der Waals surface area (Å²) in [6, 6.07) is 9.24. The van der Waals surface area contributed by atoms with E-state index in [2.05, 4.69) is 31.3 Å². The number of nitrogens with one attached hydrogen (secondary N) is 1. The monoisotopic (exact) mass is 224 g/mol. The van der Waals surface area contributed by atoms with E-state index in [1.165, 1.54) is 11.1 Å². The molecule has 2 nitrogen and oxygen atoms in total. The van der Waals surface area contributed by atoms with Gasteiger partial charge < -0.3 is 9.88 Å². The third-order valence-corrected chi connectivity index (χ3v) is 3.30. The lowest BCUT2D eigenvalue weighted by Crippen LogP contribution is -2.20. The summed E-state index contributed by atoms with van der Waals surface area (Å²) in [4.78, 5) is 0. The SMILES string of the molecule is Cc1c[c]ccc1C(C)NCP(C)(C)=O. The van der Waals surface area contributed by atoms with Crippen LogP contribution in [0.25, 0.3) is 0 Å². The van der Waals surface area contributed by atoms with Crippen LogP contribution in [0.15, 0.2) is 18.2 Å². The van der Waals surface area contributed by atoms with E-state index in [9.17, 15) is 4.57 Å². The van der Waals surface area contributed by atoms with Crippen LogP contribution in [0.3, 0.4) is 0 Å². The molecule has 1 aromatic carbocycles. The Kier molecular flexibility index (Phi) is 4.12. The summed E-state index contributed by atoms with van der Waals surface area (Å²) in [5.74, 6) is 0. The summed E-state index contributed by atoms with van der Waals surface area (Å²) in [5.41, 5.74) is 2.47. The summed E-state index contributed by atoms with van der Waals surface area (Å²) in [5, 5.41) is 3.30. The molecule has 1 N–H and O–H groups in total. The average molecular weight is 224 g/mol. The first-order valence-corrected chi connectivity index (χ1v) is 7.93. The standard InChI is InChI=1S/C12H19NOP/c1-10-7-5-6-8-12(10)11(2)13-9-15(3,4)14/h6-8,11,13H,9H2,1-4H3. The van der Waals surface area contributed by atoms with Crippen LogP contribution in [-0.2, 0) is 4.57 Å². The fourth-order valence-corrected chi connectivity index (χ4v) is 2.19. The predicted octanol–water partition coefficient (Wildman–Crippen LogP) is 3.03. The molecule has 0 aliphatic carbocycles. The van der Waals surface area contributed by atoms with Gasteiger partial charge in [0.2, 0.25) is 0 Å². The lowest BCUT2D eigenvalue weighted by molar-refractivity contribution is 0.564. The highest BCUT2D eigenvalue weighted by molar-refractivity contribution is 7.62. The Morgan fingerprint density at radius 3 is 2.73 bits per heavy atom. The van der Waals surface area contributed by atoms with Crippen LogP contribution in [0.2, 0.25) is 0 Å². The maximum atomic E-state index is 11.6. The van der Waals surface area contributed by atoms with Crippen molar-refractivity contribution in [3.8, 4) is 0 Å². The van der Waals surface area contributed by atoms with E-state index in [0.29, 0.717) is 6.29 Å². The van der Waals surface area contributed by atoms with Crippen molar-refractivity contribution in [3.05, 3.63) is 35.4 Å². The zero-order valence-electron chi connectivity index (χ0n) is 9.87. The third-order valence-electron chi connectivity index (χ3n) is 2.36. The van der Waals surface area contributed by atoms with E-state index in [0.717, 1.165) is 0 Å². The number of benzene rings is 1. The molecule has 15 heavy (non-hydrogen) atoms. The first kappa shape index (κ1) is 12.5. The molecule has 3 heteroatoms. The Morgan fingerprint density at radius 1 is 1.53 bits per heavy atom. The van der Waals surface area contributed by atoms with Gasteiger partial charge in [-0.3, -0.25) is 0 Å². The minimum atomic E-state index is -1.97. The number of rotatable bonds is 4. The summed E-state index contributed by atoms with van der Waals surface area (Å²) >= 11 is 0. The van der Waals surface area contributed by atoms with Crippen molar-refractivity contribution in [2.75, 3.05) is 19.6 Å². The molecule has 1 aromatic rings. The van der Waals surface area contributed by atoms with Gasteiger partial charge in [-0.05, 0) is 44.4 Å². The maximum Gasteiger partial charge on any atom is 0.0949 e. The minimum Gasteiger partial charge on any atom is -0.323 e. The van der Waals surface area contributed by atoms with Crippen LogP contribution in [0, 0.1) is 13.0 Å². The molecule has 1 atom stereocenters. The third kappa shape index (κ3) is 4.19. The van der Waals surface area contributed by atoms with Gasteiger partial charge in [0.1, 0.15) is 0 Å². The van der Waals surface area contributed by atoms with Gasteiger partial charge in [-0.1, -0.05) is 18.2 Å². The van der Waals surface area contributed by atoms with Crippen molar-refractivity contribution < 1.29 is 4.57 Å². The molecule has 0 bridgehead atoms. The zero-order valence-corrected chi connectivity index (χ0v) is 10.8. The lowest BCUT2D eigenvalue weighted by atomic mass is 10.0. The van der Waals surface area contributed by atoms with Crippen molar-refractivity contribution in [1.82, 2.24) is 5.32 Å². The van der Waals surface area contributed by atoms with Crippen molar-refractivity contribution in [1.29, 1.82) is 0 Å². The fraction of sp³-hybridized carbons (Fsp3) is 0.500.